The Morgan fingerprint density at radius 2 is 1.55 bits per heavy atom. The van der Waals surface area contributed by atoms with E-state index in [1.165, 1.54) is 4.31 Å². The normalized spacial score (nSPS) is 13.9. The molecule has 0 aliphatic carbocycles. The third kappa shape index (κ3) is 8.51. The topological polar surface area (TPSA) is 108 Å². The lowest BCUT2D eigenvalue weighted by atomic mass is 10.0. The average Bonchev–Trinajstić information content (AvgIpc) is 3.05. The SMILES string of the molecule is CCCN(CC(=O)N(Cc1ccc(OC)cc1)C1CCN(C(=O)Nc2ccc(OCC)cc2)CC1)S(=O)(=O)c1ccccc1. The third-order valence-corrected chi connectivity index (χ3v) is 9.47. The Morgan fingerprint density at radius 3 is 2.14 bits per heavy atom. The summed E-state index contributed by atoms with van der Waals surface area (Å²) in [5, 5.41) is 2.94. The number of carbonyl (C=O) groups is 2. The number of benzene rings is 3. The van der Waals surface area contributed by atoms with Crippen molar-refractivity contribution < 1.29 is 27.5 Å². The standard InChI is InChI=1S/C33H42N4O6S/c1-4-21-36(44(40,41)31-9-7-6-8-10-31)25-32(38)37(24-26-11-15-29(42-3)16-12-26)28-19-22-35(23-20-28)33(39)34-27-13-17-30(18-14-27)43-5-2/h6-18,28H,4-5,19-25H2,1-3H3,(H,34,39). The van der Waals surface area contributed by atoms with Crippen LogP contribution in [0.25, 0.3) is 0 Å². The molecule has 3 amide bonds. The van der Waals surface area contributed by atoms with Crippen molar-refractivity contribution in [2.45, 2.75) is 50.6 Å². The number of ether oxygens (including phenoxy) is 2. The van der Waals surface area contributed by atoms with Gasteiger partial charge in [-0.05, 0) is 80.3 Å². The second-order valence-electron chi connectivity index (χ2n) is 10.6. The first-order valence-corrected chi connectivity index (χ1v) is 16.5. The molecule has 1 N–H and O–H groups in total. The zero-order chi connectivity index (χ0) is 31.5. The van der Waals surface area contributed by atoms with Crippen molar-refractivity contribution in [1.82, 2.24) is 14.1 Å². The lowest BCUT2D eigenvalue weighted by Gasteiger charge is -2.39. The summed E-state index contributed by atoms with van der Waals surface area (Å²) in [4.78, 5) is 30.7. The summed E-state index contributed by atoms with van der Waals surface area (Å²) < 4.78 is 39.0. The maximum absolute atomic E-state index is 14.0. The zero-order valence-corrected chi connectivity index (χ0v) is 26.5. The van der Waals surface area contributed by atoms with Crippen LogP contribution in [0.1, 0.15) is 38.7 Å². The molecule has 1 fully saturated rings. The quantitative estimate of drug-likeness (QED) is 0.280. The summed E-state index contributed by atoms with van der Waals surface area (Å²) in [6.07, 6.45) is 1.70. The fourth-order valence-electron chi connectivity index (χ4n) is 5.25. The Kier molecular flexibility index (Phi) is 11.6. The number of methoxy groups -OCH3 is 1. The molecule has 236 valence electrons. The molecular weight excluding hydrogens is 580 g/mol. The van der Waals surface area contributed by atoms with E-state index in [1.54, 1.807) is 59.4 Å². The number of nitrogens with zero attached hydrogens (tertiary/aromatic N) is 3. The average molecular weight is 623 g/mol. The first-order valence-electron chi connectivity index (χ1n) is 15.0. The first-order chi connectivity index (χ1) is 21.2. The van der Waals surface area contributed by atoms with Crippen LogP contribution in [-0.4, -0.2) is 80.4 Å². The fraction of sp³-hybridized carbons (Fsp3) is 0.394. The van der Waals surface area contributed by atoms with E-state index in [9.17, 15) is 18.0 Å². The molecule has 1 aliphatic heterocycles. The Labute approximate surface area is 260 Å². The van der Waals surface area contributed by atoms with Gasteiger partial charge < -0.3 is 24.6 Å². The molecule has 44 heavy (non-hydrogen) atoms. The number of hydrogen-bond donors (Lipinski definition) is 1. The van der Waals surface area contributed by atoms with Gasteiger partial charge in [0.2, 0.25) is 15.9 Å². The predicted octanol–water partition coefficient (Wildman–Crippen LogP) is 5.22. The van der Waals surface area contributed by atoms with Gasteiger partial charge in [0.25, 0.3) is 0 Å². The second-order valence-corrected chi connectivity index (χ2v) is 12.6. The molecule has 4 rings (SSSR count). The predicted molar refractivity (Wildman–Crippen MR) is 170 cm³/mol. The first kappa shape index (κ1) is 32.8. The van der Waals surface area contributed by atoms with E-state index in [1.807, 2.05) is 50.2 Å². The highest BCUT2D eigenvalue weighted by Gasteiger charge is 2.33. The molecular formula is C33H42N4O6S. The Hall–Kier alpha value is -4.09. The number of carbonyl (C=O) groups excluding carboxylic acids is 2. The number of sulfonamides is 1. The number of hydrogen-bond acceptors (Lipinski definition) is 6. The molecule has 0 aromatic heterocycles. The van der Waals surface area contributed by atoms with Crippen LogP contribution in [-0.2, 0) is 21.4 Å². The van der Waals surface area contributed by atoms with Crippen LogP contribution in [0, 0.1) is 0 Å². The van der Waals surface area contributed by atoms with E-state index in [0.29, 0.717) is 56.9 Å². The number of urea groups is 1. The van der Waals surface area contributed by atoms with Gasteiger partial charge in [0.1, 0.15) is 11.5 Å². The lowest BCUT2D eigenvalue weighted by molar-refractivity contribution is -0.135. The summed E-state index contributed by atoms with van der Waals surface area (Å²) in [7, 11) is -2.26. The van der Waals surface area contributed by atoms with E-state index < -0.39 is 10.0 Å². The highest BCUT2D eigenvalue weighted by atomic mass is 32.2. The number of amides is 3. The summed E-state index contributed by atoms with van der Waals surface area (Å²) in [5.74, 6) is 1.18. The van der Waals surface area contributed by atoms with Gasteiger partial charge in [-0.1, -0.05) is 37.3 Å². The summed E-state index contributed by atoms with van der Waals surface area (Å²) in [6.45, 7) is 5.57. The smallest absolute Gasteiger partial charge is 0.321 e. The van der Waals surface area contributed by atoms with E-state index in [-0.39, 0.29) is 36.0 Å². The number of nitrogens with one attached hydrogen (secondary N) is 1. The van der Waals surface area contributed by atoms with E-state index >= 15 is 0 Å². The van der Waals surface area contributed by atoms with Gasteiger partial charge in [-0.15, -0.1) is 0 Å². The van der Waals surface area contributed by atoms with Crippen LogP contribution in [0.4, 0.5) is 10.5 Å². The molecule has 3 aromatic carbocycles. The van der Waals surface area contributed by atoms with Gasteiger partial charge in [-0.3, -0.25) is 4.79 Å². The zero-order valence-electron chi connectivity index (χ0n) is 25.6. The molecule has 0 unspecified atom stereocenters. The molecule has 0 saturated carbocycles. The van der Waals surface area contributed by atoms with Gasteiger partial charge in [0.05, 0.1) is 25.2 Å². The molecule has 0 bridgehead atoms. The third-order valence-electron chi connectivity index (χ3n) is 7.61. The highest BCUT2D eigenvalue weighted by molar-refractivity contribution is 7.89. The van der Waals surface area contributed by atoms with Gasteiger partial charge in [-0.25, -0.2) is 13.2 Å². The largest absolute Gasteiger partial charge is 0.497 e. The van der Waals surface area contributed by atoms with Crippen LogP contribution in [0.15, 0.2) is 83.8 Å². The molecule has 0 radical (unpaired) electrons. The maximum atomic E-state index is 14.0. The molecule has 3 aromatic rings. The van der Waals surface area contributed by atoms with E-state index in [0.717, 1.165) is 11.3 Å². The van der Waals surface area contributed by atoms with Gasteiger partial charge >= 0.3 is 6.03 Å². The Bertz CT molecular complexity index is 1460. The van der Waals surface area contributed by atoms with Crippen LogP contribution in [0.2, 0.25) is 0 Å². The summed E-state index contributed by atoms with van der Waals surface area (Å²) in [5.41, 5.74) is 1.58. The summed E-state index contributed by atoms with van der Waals surface area (Å²) >= 11 is 0. The highest BCUT2D eigenvalue weighted by Crippen LogP contribution is 2.24. The number of piperidine rings is 1. The molecule has 1 heterocycles. The van der Waals surface area contributed by atoms with Crippen molar-refractivity contribution in [3.05, 3.63) is 84.4 Å². The van der Waals surface area contributed by atoms with Gasteiger partial charge in [-0.2, -0.15) is 4.31 Å². The molecule has 1 saturated heterocycles. The van der Waals surface area contributed by atoms with Crippen molar-refractivity contribution in [1.29, 1.82) is 0 Å². The maximum Gasteiger partial charge on any atom is 0.321 e. The minimum absolute atomic E-state index is 0.162. The molecule has 1 aliphatic rings. The van der Waals surface area contributed by atoms with E-state index in [2.05, 4.69) is 5.32 Å². The van der Waals surface area contributed by atoms with Crippen LogP contribution in [0.5, 0.6) is 11.5 Å². The van der Waals surface area contributed by atoms with Crippen molar-refractivity contribution in [3.8, 4) is 11.5 Å². The monoisotopic (exact) mass is 622 g/mol. The minimum Gasteiger partial charge on any atom is -0.497 e. The van der Waals surface area contributed by atoms with Crippen molar-refractivity contribution in [2.75, 3.05) is 45.2 Å². The number of anilines is 1. The number of likely N-dealkylation sites (tertiary alicyclic amines) is 1. The Morgan fingerprint density at radius 1 is 0.909 bits per heavy atom. The van der Waals surface area contributed by atoms with Crippen LogP contribution < -0.4 is 14.8 Å². The molecule has 11 heteroatoms. The van der Waals surface area contributed by atoms with Crippen molar-refractivity contribution in [2.24, 2.45) is 0 Å². The van der Waals surface area contributed by atoms with Crippen molar-refractivity contribution >= 4 is 27.6 Å². The van der Waals surface area contributed by atoms with Crippen LogP contribution >= 0.6 is 0 Å². The molecule has 10 nitrogen and oxygen atoms in total. The van der Waals surface area contributed by atoms with Gasteiger partial charge in [0, 0.05) is 37.9 Å². The summed E-state index contributed by atoms with van der Waals surface area (Å²) in [6, 6.07) is 22.6. The molecule has 0 spiro atoms. The Balaban J connectivity index is 1.47. The van der Waals surface area contributed by atoms with Gasteiger partial charge in [0.15, 0.2) is 0 Å². The van der Waals surface area contributed by atoms with Crippen LogP contribution in [0.3, 0.4) is 0 Å². The van der Waals surface area contributed by atoms with E-state index in [4.69, 9.17) is 9.47 Å². The fourth-order valence-corrected chi connectivity index (χ4v) is 6.75. The van der Waals surface area contributed by atoms with Crippen molar-refractivity contribution in [3.63, 3.8) is 0 Å². The lowest BCUT2D eigenvalue weighted by Crippen LogP contribution is -2.51. The molecule has 0 atom stereocenters. The second kappa shape index (κ2) is 15.6. The minimum atomic E-state index is -3.86. The number of rotatable bonds is 13.